The van der Waals surface area contributed by atoms with E-state index in [9.17, 15) is 9.59 Å². The molecule has 0 spiro atoms. The number of nitrogens with one attached hydrogen (secondary N) is 2. The van der Waals surface area contributed by atoms with Gasteiger partial charge in [-0.2, -0.15) is 0 Å². The van der Waals surface area contributed by atoms with Crippen molar-refractivity contribution < 1.29 is 9.59 Å². The number of benzene rings is 1. The van der Waals surface area contributed by atoms with Crippen LogP contribution >= 0.6 is 15.9 Å². The van der Waals surface area contributed by atoms with E-state index in [0.29, 0.717) is 6.54 Å². The zero-order valence-corrected chi connectivity index (χ0v) is 11.4. The predicted molar refractivity (Wildman–Crippen MR) is 69.3 cm³/mol. The minimum atomic E-state index is -0.610. The van der Waals surface area contributed by atoms with Gasteiger partial charge >= 0.3 is 11.8 Å². The molecule has 1 rings (SSSR count). The van der Waals surface area contributed by atoms with E-state index in [0.717, 1.165) is 10.0 Å². The standard InChI is InChI=1S/C12H15BrN2O2/c1-8(2)15-12(17)11(16)14-7-9-3-5-10(13)6-4-9/h3-6,8H,7H2,1-2H3,(H,14,16)(H,15,17). The Balaban J connectivity index is 2.43. The lowest BCUT2D eigenvalue weighted by Gasteiger charge is -2.08. The lowest BCUT2D eigenvalue weighted by atomic mass is 10.2. The van der Waals surface area contributed by atoms with Gasteiger partial charge in [0, 0.05) is 17.1 Å². The Kier molecular flexibility index (Phi) is 5.15. The van der Waals surface area contributed by atoms with Gasteiger partial charge in [0.05, 0.1) is 0 Å². The maximum absolute atomic E-state index is 11.4. The summed E-state index contributed by atoms with van der Waals surface area (Å²) >= 11 is 3.32. The number of halogens is 1. The Morgan fingerprint density at radius 1 is 1.18 bits per heavy atom. The first-order valence-corrected chi connectivity index (χ1v) is 6.11. The second-order valence-electron chi connectivity index (χ2n) is 3.94. The van der Waals surface area contributed by atoms with Gasteiger partial charge in [-0.15, -0.1) is 0 Å². The molecular weight excluding hydrogens is 284 g/mol. The van der Waals surface area contributed by atoms with Crippen LogP contribution in [0.3, 0.4) is 0 Å². The maximum atomic E-state index is 11.4. The smallest absolute Gasteiger partial charge is 0.309 e. The second-order valence-corrected chi connectivity index (χ2v) is 4.85. The molecule has 0 aromatic heterocycles. The molecule has 5 heteroatoms. The van der Waals surface area contributed by atoms with E-state index in [-0.39, 0.29) is 6.04 Å². The SMILES string of the molecule is CC(C)NC(=O)C(=O)NCc1ccc(Br)cc1. The molecule has 0 saturated carbocycles. The molecule has 0 saturated heterocycles. The summed E-state index contributed by atoms with van der Waals surface area (Å²) in [6, 6.07) is 7.49. The highest BCUT2D eigenvalue weighted by Crippen LogP contribution is 2.10. The lowest BCUT2D eigenvalue weighted by Crippen LogP contribution is -2.42. The van der Waals surface area contributed by atoms with Gasteiger partial charge < -0.3 is 10.6 Å². The minimum absolute atomic E-state index is 0.0408. The molecule has 17 heavy (non-hydrogen) atoms. The first-order chi connectivity index (χ1) is 7.99. The summed E-state index contributed by atoms with van der Waals surface area (Å²) in [6.45, 7) is 3.96. The Labute approximate surface area is 109 Å². The van der Waals surface area contributed by atoms with Crippen molar-refractivity contribution in [3.05, 3.63) is 34.3 Å². The fourth-order valence-corrected chi connectivity index (χ4v) is 1.46. The summed E-state index contributed by atoms with van der Waals surface area (Å²) in [6.07, 6.45) is 0. The molecule has 4 nitrogen and oxygen atoms in total. The number of amides is 2. The molecule has 0 bridgehead atoms. The van der Waals surface area contributed by atoms with E-state index in [4.69, 9.17) is 0 Å². The first-order valence-electron chi connectivity index (χ1n) is 5.32. The third-order valence-electron chi connectivity index (χ3n) is 1.99. The number of carbonyl (C=O) groups excluding carboxylic acids is 2. The third-order valence-corrected chi connectivity index (χ3v) is 2.52. The zero-order chi connectivity index (χ0) is 12.8. The van der Waals surface area contributed by atoms with Crippen LogP contribution in [-0.4, -0.2) is 17.9 Å². The average molecular weight is 299 g/mol. The van der Waals surface area contributed by atoms with Crippen molar-refractivity contribution in [1.82, 2.24) is 10.6 Å². The van der Waals surface area contributed by atoms with Crippen molar-refractivity contribution in [3.8, 4) is 0 Å². The summed E-state index contributed by atoms with van der Waals surface area (Å²) in [7, 11) is 0. The topological polar surface area (TPSA) is 58.2 Å². The molecule has 92 valence electrons. The molecule has 0 aliphatic heterocycles. The van der Waals surface area contributed by atoms with Crippen molar-refractivity contribution in [1.29, 1.82) is 0 Å². The number of rotatable bonds is 3. The molecular formula is C12H15BrN2O2. The van der Waals surface area contributed by atoms with Gasteiger partial charge in [0.1, 0.15) is 0 Å². The second kappa shape index (κ2) is 6.39. The summed E-state index contributed by atoms with van der Waals surface area (Å²) in [5, 5.41) is 5.09. The van der Waals surface area contributed by atoms with Crippen LogP contribution in [-0.2, 0) is 16.1 Å². The van der Waals surface area contributed by atoms with Crippen LogP contribution in [0.25, 0.3) is 0 Å². The van der Waals surface area contributed by atoms with Crippen molar-refractivity contribution >= 4 is 27.7 Å². The van der Waals surface area contributed by atoms with E-state index in [1.807, 2.05) is 24.3 Å². The van der Waals surface area contributed by atoms with Crippen molar-refractivity contribution in [2.24, 2.45) is 0 Å². The number of carbonyl (C=O) groups is 2. The van der Waals surface area contributed by atoms with Crippen molar-refractivity contribution in [2.75, 3.05) is 0 Å². The quantitative estimate of drug-likeness (QED) is 0.833. The van der Waals surface area contributed by atoms with Crippen LogP contribution in [0.4, 0.5) is 0 Å². The maximum Gasteiger partial charge on any atom is 0.309 e. The molecule has 0 fully saturated rings. The van der Waals surface area contributed by atoms with Gasteiger partial charge in [-0.05, 0) is 31.5 Å². The highest BCUT2D eigenvalue weighted by Gasteiger charge is 2.13. The molecule has 0 unspecified atom stereocenters. The van der Waals surface area contributed by atoms with Crippen LogP contribution < -0.4 is 10.6 Å². The van der Waals surface area contributed by atoms with Gasteiger partial charge in [-0.3, -0.25) is 9.59 Å². The fourth-order valence-electron chi connectivity index (χ4n) is 1.19. The van der Waals surface area contributed by atoms with E-state index < -0.39 is 11.8 Å². The van der Waals surface area contributed by atoms with Crippen molar-refractivity contribution in [2.45, 2.75) is 26.4 Å². The molecule has 0 heterocycles. The Morgan fingerprint density at radius 3 is 2.29 bits per heavy atom. The average Bonchev–Trinajstić information content (AvgIpc) is 2.27. The largest absolute Gasteiger partial charge is 0.346 e. The van der Waals surface area contributed by atoms with Gasteiger partial charge in [-0.1, -0.05) is 28.1 Å². The van der Waals surface area contributed by atoms with Crippen molar-refractivity contribution in [3.63, 3.8) is 0 Å². The highest BCUT2D eigenvalue weighted by molar-refractivity contribution is 9.10. The summed E-state index contributed by atoms with van der Waals surface area (Å²) < 4.78 is 0.977. The van der Waals surface area contributed by atoms with E-state index in [2.05, 4.69) is 26.6 Å². The lowest BCUT2D eigenvalue weighted by molar-refractivity contribution is -0.139. The van der Waals surface area contributed by atoms with Crippen LogP contribution in [0, 0.1) is 0 Å². The Hall–Kier alpha value is -1.36. The van der Waals surface area contributed by atoms with Gasteiger partial charge in [0.2, 0.25) is 0 Å². The van der Waals surface area contributed by atoms with Gasteiger partial charge in [0.15, 0.2) is 0 Å². The molecule has 1 aromatic carbocycles. The minimum Gasteiger partial charge on any atom is -0.346 e. The van der Waals surface area contributed by atoms with Gasteiger partial charge in [0.25, 0.3) is 0 Å². The molecule has 0 aliphatic rings. The third kappa shape index (κ3) is 4.99. The van der Waals surface area contributed by atoms with Crippen LogP contribution in [0.2, 0.25) is 0 Å². The molecule has 2 amide bonds. The van der Waals surface area contributed by atoms with E-state index in [1.54, 1.807) is 13.8 Å². The van der Waals surface area contributed by atoms with Crippen LogP contribution in [0.15, 0.2) is 28.7 Å². The van der Waals surface area contributed by atoms with E-state index >= 15 is 0 Å². The molecule has 0 aliphatic carbocycles. The summed E-state index contributed by atoms with van der Waals surface area (Å²) in [5.41, 5.74) is 0.943. The Bertz CT molecular complexity index is 401. The summed E-state index contributed by atoms with van der Waals surface area (Å²) in [4.78, 5) is 22.7. The van der Waals surface area contributed by atoms with Gasteiger partial charge in [-0.25, -0.2) is 0 Å². The number of hydrogen-bond acceptors (Lipinski definition) is 2. The summed E-state index contributed by atoms with van der Waals surface area (Å²) in [5.74, 6) is -1.21. The van der Waals surface area contributed by atoms with Crippen LogP contribution in [0.1, 0.15) is 19.4 Å². The zero-order valence-electron chi connectivity index (χ0n) is 9.79. The first kappa shape index (κ1) is 13.7. The van der Waals surface area contributed by atoms with E-state index in [1.165, 1.54) is 0 Å². The number of hydrogen-bond donors (Lipinski definition) is 2. The molecule has 0 atom stereocenters. The molecule has 0 radical (unpaired) electrons. The fraction of sp³-hybridized carbons (Fsp3) is 0.333. The monoisotopic (exact) mass is 298 g/mol. The molecule has 2 N–H and O–H groups in total. The predicted octanol–water partition coefficient (Wildman–Crippen LogP) is 1.59. The van der Waals surface area contributed by atoms with Crippen LogP contribution in [0.5, 0.6) is 0 Å². The Morgan fingerprint density at radius 2 is 1.76 bits per heavy atom. The molecule has 1 aromatic rings. The highest BCUT2D eigenvalue weighted by atomic mass is 79.9. The normalized spacial score (nSPS) is 10.1.